The van der Waals surface area contributed by atoms with Crippen LogP contribution < -0.4 is 10.6 Å². The molecule has 1 fully saturated rings. The first-order valence-corrected chi connectivity index (χ1v) is 8.89. The van der Waals surface area contributed by atoms with E-state index in [4.69, 9.17) is 4.18 Å². The van der Waals surface area contributed by atoms with Gasteiger partial charge in [-0.3, -0.25) is 8.98 Å². The smallest absolute Gasteiger partial charge is 0.269 e. The number of anilines is 1. The Morgan fingerprint density at radius 3 is 2.59 bits per heavy atom. The van der Waals surface area contributed by atoms with Gasteiger partial charge in [0.25, 0.3) is 16.0 Å². The topological polar surface area (TPSA) is 110 Å². The molecular weight excluding hydrogens is 308 g/mol. The highest BCUT2D eigenvalue weighted by atomic mass is 32.2. The Balaban J connectivity index is 1.90. The summed E-state index contributed by atoms with van der Waals surface area (Å²) in [5.41, 5.74) is 0.300. The SMILES string of the molecule is CNC(=O)c1ccnc(N[C@H]2CC[C@H](OS(C)(=O)=O)CC2)n1. The lowest BCUT2D eigenvalue weighted by Crippen LogP contribution is -2.31. The number of amides is 1. The Morgan fingerprint density at radius 2 is 2.00 bits per heavy atom. The molecule has 122 valence electrons. The third-order valence-electron chi connectivity index (χ3n) is 3.43. The van der Waals surface area contributed by atoms with Crippen LogP contribution in [0.4, 0.5) is 5.95 Å². The van der Waals surface area contributed by atoms with Crippen LogP contribution in [0.25, 0.3) is 0 Å². The minimum Gasteiger partial charge on any atom is -0.354 e. The summed E-state index contributed by atoms with van der Waals surface area (Å²) in [6.45, 7) is 0. The average Bonchev–Trinajstić information content (AvgIpc) is 2.47. The lowest BCUT2D eigenvalue weighted by atomic mass is 9.93. The molecule has 0 aliphatic heterocycles. The van der Waals surface area contributed by atoms with Crippen molar-refractivity contribution in [1.82, 2.24) is 15.3 Å². The number of carbonyl (C=O) groups excluding carboxylic acids is 1. The predicted octanol–water partition coefficient (Wildman–Crippen LogP) is 0.535. The quantitative estimate of drug-likeness (QED) is 0.759. The van der Waals surface area contributed by atoms with Crippen molar-refractivity contribution in [3.8, 4) is 0 Å². The zero-order valence-electron chi connectivity index (χ0n) is 12.6. The molecule has 1 amide bonds. The maximum Gasteiger partial charge on any atom is 0.269 e. The molecule has 8 nitrogen and oxygen atoms in total. The van der Waals surface area contributed by atoms with Crippen LogP contribution in [-0.2, 0) is 14.3 Å². The first-order chi connectivity index (χ1) is 10.4. The summed E-state index contributed by atoms with van der Waals surface area (Å²) in [5.74, 6) is 0.129. The molecule has 2 rings (SSSR count). The van der Waals surface area contributed by atoms with Crippen LogP contribution in [0.2, 0.25) is 0 Å². The first kappa shape index (κ1) is 16.6. The molecule has 1 heterocycles. The van der Waals surface area contributed by atoms with E-state index in [2.05, 4.69) is 20.6 Å². The maximum atomic E-state index is 11.5. The van der Waals surface area contributed by atoms with Crippen LogP contribution in [-0.4, -0.2) is 49.7 Å². The van der Waals surface area contributed by atoms with Crippen molar-refractivity contribution < 1.29 is 17.4 Å². The van der Waals surface area contributed by atoms with E-state index < -0.39 is 10.1 Å². The number of hydrogen-bond donors (Lipinski definition) is 2. The maximum absolute atomic E-state index is 11.5. The van der Waals surface area contributed by atoms with E-state index in [0.717, 1.165) is 19.1 Å². The lowest BCUT2D eigenvalue weighted by molar-refractivity contribution is 0.0958. The normalized spacial score (nSPS) is 22.1. The van der Waals surface area contributed by atoms with Gasteiger partial charge in [0.15, 0.2) is 0 Å². The monoisotopic (exact) mass is 328 g/mol. The van der Waals surface area contributed by atoms with Crippen molar-refractivity contribution in [2.45, 2.75) is 37.8 Å². The van der Waals surface area contributed by atoms with Crippen molar-refractivity contribution in [3.63, 3.8) is 0 Å². The highest BCUT2D eigenvalue weighted by Gasteiger charge is 2.25. The summed E-state index contributed by atoms with van der Waals surface area (Å²) >= 11 is 0. The van der Waals surface area contributed by atoms with Gasteiger partial charge in [-0.2, -0.15) is 8.42 Å². The third kappa shape index (κ3) is 4.92. The molecule has 2 N–H and O–H groups in total. The number of aromatic nitrogens is 2. The summed E-state index contributed by atoms with van der Waals surface area (Å²) in [6, 6.07) is 1.68. The molecule has 0 aromatic carbocycles. The summed E-state index contributed by atoms with van der Waals surface area (Å²) in [7, 11) is -1.87. The van der Waals surface area contributed by atoms with Gasteiger partial charge in [0, 0.05) is 19.3 Å². The molecule has 0 spiro atoms. The molecule has 1 aliphatic carbocycles. The predicted molar refractivity (Wildman–Crippen MR) is 81.0 cm³/mol. The fourth-order valence-corrected chi connectivity index (χ4v) is 3.10. The molecule has 22 heavy (non-hydrogen) atoms. The van der Waals surface area contributed by atoms with Gasteiger partial charge in [-0.1, -0.05) is 0 Å². The summed E-state index contributed by atoms with van der Waals surface area (Å²) < 4.78 is 27.2. The Kier molecular flexibility index (Phi) is 5.30. The Bertz CT molecular complexity index is 627. The van der Waals surface area contributed by atoms with Gasteiger partial charge in [-0.15, -0.1) is 0 Å². The van der Waals surface area contributed by atoms with Crippen molar-refractivity contribution in [3.05, 3.63) is 18.0 Å². The van der Waals surface area contributed by atoms with Gasteiger partial charge >= 0.3 is 0 Å². The highest BCUT2D eigenvalue weighted by molar-refractivity contribution is 7.86. The summed E-state index contributed by atoms with van der Waals surface area (Å²) in [4.78, 5) is 19.8. The van der Waals surface area contributed by atoms with E-state index in [1.807, 2.05) is 0 Å². The van der Waals surface area contributed by atoms with Gasteiger partial charge in [-0.25, -0.2) is 9.97 Å². The minimum absolute atomic E-state index is 0.138. The first-order valence-electron chi connectivity index (χ1n) is 7.07. The number of hydrogen-bond acceptors (Lipinski definition) is 7. The van der Waals surface area contributed by atoms with Crippen molar-refractivity contribution in [1.29, 1.82) is 0 Å². The molecule has 0 atom stereocenters. The van der Waals surface area contributed by atoms with Gasteiger partial charge in [0.1, 0.15) is 5.69 Å². The van der Waals surface area contributed by atoms with Crippen LogP contribution in [0.15, 0.2) is 12.3 Å². The second-order valence-corrected chi connectivity index (χ2v) is 6.86. The summed E-state index contributed by atoms with van der Waals surface area (Å²) in [6.07, 6.45) is 5.15. The van der Waals surface area contributed by atoms with Gasteiger partial charge in [0.2, 0.25) is 5.95 Å². The molecule has 1 aromatic rings. The largest absolute Gasteiger partial charge is 0.354 e. The number of nitrogens with one attached hydrogen (secondary N) is 2. The van der Waals surface area contributed by atoms with Crippen LogP contribution in [0.1, 0.15) is 36.2 Å². The summed E-state index contributed by atoms with van der Waals surface area (Å²) in [5, 5.41) is 5.69. The number of rotatable bonds is 5. The van der Waals surface area contributed by atoms with Crippen LogP contribution in [0, 0.1) is 0 Å². The average molecular weight is 328 g/mol. The molecule has 0 unspecified atom stereocenters. The molecular formula is C13H20N4O4S. The van der Waals surface area contributed by atoms with Crippen molar-refractivity contribution in [2.24, 2.45) is 0 Å². The zero-order valence-corrected chi connectivity index (χ0v) is 13.4. The lowest BCUT2D eigenvalue weighted by Gasteiger charge is -2.28. The standard InChI is InChI=1S/C13H20N4O4S/c1-14-12(18)11-7-8-15-13(17-11)16-9-3-5-10(6-4-9)21-22(2,19)20/h7-10H,3-6H2,1-2H3,(H,14,18)(H,15,16,17)/t9-,10-. The van der Waals surface area contributed by atoms with Gasteiger partial charge in [-0.05, 0) is 31.7 Å². The zero-order chi connectivity index (χ0) is 16.2. The second kappa shape index (κ2) is 7.01. The molecule has 0 saturated heterocycles. The third-order valence-corrected chi connectivity index (χ3v) is 4.06. The number of nitrogens with zero attached hydrogens (tertiary/aromatic N) is 2. The van der Waals surface area contributed by atoms with E-state index >= 15 is 0 Å². The fourth-order valence-electron chi connectivity index (χ4n) is 2.42. The Morgan fingerprint density at radius 1 is 1.32 bits per heavy atom. The Labute approximate surface area is 129 Å². The second-order valence-electron chi connectivity index (χ2n) is 5.26. The molecule has 1 aromatic heterocycles. The van der Waals surface area contributed by atoms with E-state index in [1.54, 1.807) is 13.1 Å². The molecule has 0 bridgehead atoms. The Hall–Kier alpha value is -1.74. The highest BCUT2D eigenvalue weighted by Crippen LogP contribution is 2.24. The van der Waals surface area contributed by atoms with E-state index in [-0.39, 0.29) is 18.1 Å². The minimum atomic E-state index is -3.41. The van der Waals surface area contributed by atoms with E-state index in [9.17, 15) is 13.2 Å². The van der Waals surface area contributed by atoms with Gasteiger partial charge < -0.3 is 10.6 Å². The number of carbonyl (C=O) groups is 1. The van der Waals surface area contributed by atoms with Crippen molar-refractivity contribution >= 4 is 22.0 Å². The fraction of sp³-hybridized carbons (Fsp3) is 0.615. The van der Waals surface area contributed by atoms with Crippen LogP contribution in [0.5, 0.6) is 0 Å². The van der Waals surface area contributed by atoms with Gasteiger partial charge in [0.05, 0.1) is 12.4 Å². The van der Waals surface area contributed by atoms with Crippen LogP contribution in [0.3, 0.4) is 0 Å². The van der Waals surface area contributed by atoms with E-state index in [0.29, 0.717) is 24.5 Å². The molecule has 9 heteroatoms. The van der Waals surface area contributed by atoms with E-state index in [1.165, 1.54) is 6.20 Å². The molecule has 1 saturated carbocycles. The molecule has 1 aliphatic rings. The van der Waals surface area contributed by atoms with Crippen LogP contribution >= 0.6 is 0 Å². The van der Waals surface area contributed by atoms with Crippen molar-refractivity contribution in [2.75, 3.05) is 18.6 Å². The molecule has 0 radical (unpaired) electrons.